The van der Waals surface area contributed by atoms with Crippen LogP contribution >= 0.6 is 11.3 Å². The number of aromatic nitrogens is 2. The Balaban J connectivity index is 1.31. The van der Waals surface area contributed by atoms with Crippen LogP contribution in [0.25, 0.3) is 0 Å². The van der Waals surface area contributed by atoms with Crippen molar-refractivity contribution in [1.29, 1.82) is 0 Å². The molecule has 11 heteroatoms. The molecule has 0 bridgehead atoms. The minimum Gasteiger partial charge on any atom is -0.379 e. The van der Waals surface area contributed by atoms with E-state index in [4.69, 9.17) is 9.47 Å². The molecule has 9 nitrogen and oxygen atoms in total. The highest BCUT2D eigenvalue weighted by Crippen LogP contribution is 2.15. The van der Waals surface area contributed by atoms with Crippen LogP contribution in [-0.2, 0) is 20.9 Å². The molecule has 3 rings (SSSR count). The molecule has 0 saturated carbocycles. The number of morpholine rings is 1. The average molecular weight is 437 g/mol. The average Bonchev–Trinajstić information content (AvgIpc) is 3.21. The third-order valence-electron chi connectivity index (χ3n) is 4.28. The summed E-state index contributed by atoms with van der Waals surface area (Å²) in [6.45, 7) is 4.88. The molecule has 2 aromatic rings. The van der Waals surface area contributed by atoms with E-state index in [2.05, 4.69) is 25.7 Å². The predicted octanol–water partition coefficient (Wildman–Crippen LogP) is 1.28. The number of hydrogen-bond acceptors (Lipinski definition) is 8. The summed E-state index contributed by atoms with van der Waals surface area (Å²) in [5.41, 5.74) is 0.332. The Kier molecular flexibility index (Phi) is 8.63. The minimum atomic E-state index is -0.484. The molecule has 0 unspecified atom stereocenters. The van der Waals surface area contributed by atoms with Crippen molar-refractivity contribution in [2.45, 2.75) is 13.0 Å². The molecule has 0 spiro atoms. The van der Waals surface area contributed by atoms with Gasteiger partial charge in [-0.2, -0.15) is 0 Å². The number of carbonyl (C=O) groups excluding carboxylic acids is 2. The highest BCUT2D eigenvalue weighted by molar-refractivity contribution is 7.13. The van der Waals surface area contributed by atoms with E-state index in [1.807, 2.05) is 0 Å². The molecular weight excluding hydrogens is 413 g/mol. The molecular formula is C19H24FN5O4S. The monoisotopic (exact) mass is 437 g/mol. The molecule has 2 N–H and O–H groups in total. The Morgan fingerprint density at radius 2 is 2.10 bits per heavy atom. The van der Waals surface area contributed by atoms with Gasteiger partial charge in [0.25, 0.3) is 5.91 Å². The summed E-state index contributed by atoms with van der Waals surface area (Å²) >= 11 is 1.05. The second-order valence-corrected chi connectivity index (χ2v) is 7.68. The highest BCUT2D eigenvalue weighted by Gasteiger charge is 2.14. The first-order valence-electron chi connectivity index (χ1n) is 9.64. The van der Waals surface area contributed by atoms with Gasteiger partial charge in [0.1, 0.15) is 24.0 Å². The predicted molar refractivity (Wildman–Crippen MR) is 109 cm³/mol. The Morgan fingerprint density at radius 1 is 1.27 bits per heavy atom. The lowest BCUT2D eigenvalue weighted by molar-refractivity contribution is -0.126. The maximum Gasteiger partial charge on any atom is 0.286 e. The summed E-state index contributed by atoms with van der Waals surface area (Å²) in [5.74, 6) is -1.13. The van der Waals surface area contributed by atoms with Crippen molar-refractivity contribution in [3.8, 4) is 0 Å². The fraction of sp³-hybridized carbons (Fsp3) is 0.474. The molecule has 162 valence electrons. The van der Waals surface area contributed by atoms with Gasteiger partial charge in [-0.3, -0.25) is 14.5 Å². The smallest absolute Gasteiger partial charge is 0.286 e. The molecule has 30 heavy (non-hydrogen) atoms. The number of nitrogens with zero attached hydrogens (tertiary/aromatic N) is 3. The number of nitrogens with one attached hydrogen (secondary N) is 2. The van der Waals surface area contributed by atoms with E-state index in [1.165, 1.54) is 18.2 Å². The van der Waals surface area contributed by atoms with Crippen molar-refractivity contribution in [1.82, 2.24) is 20.4 Å². The van der Waals surface area contributed by atoms with E-state index in [1.54, 1.807) is 6.07 Å². The topological polar surface area (TPSA) is 106 Å². The number of amides is 2. The lowest BCUT2D eigenvalue weighted by atomic mass is 10.3. The van der Waals surface area contributed by atoms with Gasteiger partial charge in [-0.25, -0.2) is 4.39 Å². The third-order valence-corrected chi connectivity index (χ3v) is 5.17. The van der Waals surface area contributed by atoms with Crippen LogP contribution in [0.5, 0.6) is 0 Å². The SMILES string of the molecule is O=C(COCc1nnc(C(=O)Nc2cccc(F)c2)s1)NCCCN1CCOCC1. The van der Waals surface area contributed by atoms with Crippen LogP contribution < -0.4 is 10.6 Å². The van der Waals surface area contributed by atoms with Gasteiger partial charge in [0.05, 0.1) is 13.2 Å². The largest absolute Gasteiger partial charge is 0.379 e. The van der Waals surface area contributed by atoms with Crippen LogP contribution in [-0.4, -0.2) is 72.9 Å². The summed E-state index contributed by atoms with van der Waals surface area (Å²) < 4.78 is 23.8. The molecule has 0 radical (unpaired) electrons. The molecule has 2 amide bonds. The molecule has 1 aromatic carbocycles. The fourth-order valence-corrected chi connectivity index (χ4v) is 3.46. The van der Waals surface area contributed by atoms with Gasteiger partial charge in [-0.05, 0) is 31.2 Å². The quantitative estimate of drug-likeness (QED) is 0.540. The second kappa shape index (κ2) is 11.6. The van der Waals surface area contributed by atoms with E-state index in [0.29, 0.717) is 17.2 Å². The zero-order valence-electron chi connectivity index (χ0n) is 16.4. The number of hydrogen-bond donors (Lipinski definition) is 2. The summed E-state index contributed by atoms with van der Waals surface area (Å²) in [7, 11) is 0. The van der Waals surface area contributed by atoms with E-state index in [-0.39, 0.29) is 24.1 Å². The maximum absolute atomic E-state index is 13.2. The van der Waals surface area contributed by atoms with Gasteiger partial charge in [-0.15, -0.1) is 10.2 Å². The van der Waals surface area contributed by atoms with Crippen molar-refractivity contribution in [2.24, 2.45) is 0 Å². The molecule has 0 atom stereocenters. The van der Waals surface area contributed by atoms with Gasteiger partial charge in [0, 0.05) is 25.3 Å². The number of anilines is 1. The Morgan fingerprint density at radius 3 is 2.90 bits per heavy atom. The maximum atomic E-state index is 13.2. The fourth-order valence-electron chi connectivity index (χ4n) is 2.79. The highest BCUT2D eigenvalue weighted by atomic mass is 32.1. The first kappa shape index (κ1) is 22.2. The molecule has 2 heterocycles. The third kappa shape index (κ3) is 7.41. The van der Waals surface area contributed by atoms with Gasteiger partial charge in [-0.1, -0.05) is 17.4 Å². The van der Waals surface area contributed by atoms with Crippen molar-refractivity contribution in [3.63, 3.8) is 0 Å². The van der Waals surface area contributed by atoms with E-state index in [0.717, 1.165) is 50.6 Å². The normalized spacial score (nSPS) is 14.4. The van der Waals surface area contributed by atoms with Crippen LogP contribution in [0.2, 0.25) is 0 Å². The zero-order chi connectivity index (χ0) is 21.2. The first-order chi connectivity index (χ1) is 14.6. The van der Waals surface area contributed by atoms with Crippen molar-refractivity contribution >= 4 is 28.8 Å². The van der Waals surface area contributed by atoms with E-state index >= 15 is 0 Å². The van der Waals surface area contributed by atoms with Crippen LogP contribution in [0.15, 0.2) is 24.3 Å². The van der Waals surface area contributed by atoms with Crippen molar-refractivity contribution < 1.29 is 23.5 Å². The van der Waals surface area contributed by atoms with Crippen molar-refractivity contribution in [3.05, 3.63) is 40.1 Å². The van der Waals surface area contributed by atoms with Gasteiger partial charge < -0.3 is 20.1 Å². The number of ether oxygens (including phenoxy) is 2. The first-order valence-corrected chi connectivity index (χ1v) is 10.5. The molecule has 0 aliphatic carbocycles. The summed E-state index contributed by atoms with van der Waals surface area (Å²) in [5, 5.41) is 13.7. The number of benzene rings is 1. The Bertz CT molecular complexity index is 844. The van der Waals surface area contributed by atoms with E-state index in [9.17, 15) is 14.0 Å². The Labute approximate surface area is 177 Å². The summed E-state index contributed by atoms with van der Waals surface area (Å²) in [6, 6.07) is 5.57. The summed E-state index contributed by atoms with van der Waals surface area (Å²) in [4.78, 5) is 26.3. The molecule has 1 aliphatic heterocycles. The summed E-state index contributed by atoms with van der Waals surface area (Å²) in [6.07, 6.45) is 0.867. The van der Waals surface area contributed by atoms with Gasteiger partial charge in [0.15, 0.2) is 0 Å². The van der Waals surface area contributed by atoms with Crippen molar-refractivity contribution in [2.75, 3.05) is 51.3 Å². The second-order valence-electron chi connectivity index (χ2n) is 6.62. The van der Waals surface area contributed by atoms with Gasteiger partial charge in [0.2, 0.25) is 10.9 Å². The molecule has 1 aliphatic rings. The standard InChI is InChI=1S/C19H24FN5O4S/c20-14-3-1-4-15(11-14)22-18(27)19-24-23-17(30-19)13-29-12-16(26)21-5-2-6-25-7-9-28-10-8-25/h1,3-4,11H,2,5-10,12-13H2,(H,21,26)(H,22,27). The lowest BCUT2D eigenvalue weighted by Gasteiger charge is -2.26. The molecule has 1 saturated heterocycles. The van der Waals surface area contributed by atoms with Gasteiger partial charge >= 0.3 is 0 Å². The Hall–Kier alpha value is -2.47. The van der Waals surface area contributed by atoms with Crippen LogP contribution in [0.1, 0.15) is 21.2 Å². The van der Waals surface area contributed by atoms with Crippen LogP contribution in [0, 0.1) is 5.82 Å². The zero-order valence-corrected chi connectivity index (χ0v) is 17.3. The lowest BCUT2D eigenvalue weighted by Crippen LogP contribution is -2.38. The number of halogens is 1. The number of carbonyl (C=O) groups is 2. The number of rotatable bonds is 10. The van der Waals surface area contributed by atoms with E-state index < -0.39 is 11.7 Å². The minimum absolute atomic E-state index is 0.0755. The molecule has 1 aromatic heterocycles. The molecule has 1 fully saturated rings. The van der Waals surface area contributed by atoms with Crippen LogP contribution in [0.3, 0.4) is 0 Å². The van der Waals surface area contributed by atoms with Crippen LogP contribution in [0.4, 0.5) is 10.1 Å².